The number of ether oxygens (including phenoxy) is 11. The van der Waals surface area contributed by atoms with Gasteiger partial charge in [0.1, 0.15) is 36.8 Å². The summed E-state index contributed by atoms with van der Waals surface area (Å²) in [6.45, 7) is 3.69. The van der Waals surface area contributed by atoms with E-state index in [1.165, 1.54) is 36.4 Å². The number of hydrogen-bond donors (Lipinski definition) is 0. The third-order valence-corrected chi connectivity index (χ3v) is 9.15. The van der Waals surface area contributed by atoms with Crippen LogP contribution in [0.4, 0.5) is 5.69 Å². The Morgan fingerprint density at radius 2 is 1.25 bits per heavy atom. The first-order valence-electron chi connectivity index (χ1n) is 18.4. The Bertz CT molecular complexity index is 1960. The Morgan fingerprint density at radius 1 is 0.661 bits per heavy atom. The van der Waals surface area contributed by atoms with Crippen LogP contribution in [0, 0.1) is 10.1 Å². The molecule has 19 nitrogen and oxygen atoms in total. The molecule has 3 aromatic rings. The SMILES string of the molecule is CC(=O)OC[C@H]1O[C@H](O[C@@H]2[C@H](OC(=O)c3ccccc3)[C@@H](Oc3ccc([N+](=O)[O-])cc3)O[C@@H]3CO[C@H](c4ccccc4)O[C@@H]23)[C@@H](OC(C)=O)[C@@H](OC(C)=O)[C@@H]1OC(C)=O. The highest BCUT2D eigenvalue weighted by Crippen LogP contribution is 2.40. The molecule has 59 heavy (non-hydrogen) atoms. The van der Waals surface area contributed by atoms with Gasteiger partial charge in [-0.05, 0) is 24.3 Å². The topological polar surface area (TPSA) is 230 Å². The lowest BCUT2D eigenvalue weighted by atomic mass is 9.95. The Morgan fingerprint density at radius 3 is 1.86 bits per heavy atom. The number of benzene rings is 3. The minimum atomic E-state index is -1.75. The predicted molar refractivity (Wildman–Crippen MR) is 195 cm³/mol. The van der Waals surface area contributed by atoms with Crippen LogP contribution in [0.25, 0.3) is 0 Å². The van der Waals surface area contributed by atoms with Gasteiger partial charge in [0, 0.05) is 45.4 Å². The Balaban J connectivity index is 1.45. The van der Waals surface area contributed by atoms with Crippen molar-refractivity contribution in [3.8, 4) is 5.75 Å². The maximum Gasteiger partial charge on any atom is 0.338 e. The molecule has 6 rings (SSSR count). The molecule has 0 unspecified atom stereocenters. The van der Waals surface area contributed by atoms with Crippen LogP contribution in [0.1, 0.15) is 49.9 Å². The van der Waals surface area contributed by atoms with Crippen LogP contribution < -0.4 is 4.74 Å². The fraction of sp³-hybridized carbons (Fsp3) is 0.425. The van der Waals surface area contributed by atoms with Crippen molar-refractivity contribution in [1.82, 2.24) is 0 Å². The molecule has 0 radical (unpaired) electrons. The largest absolute Gasteiger partial charge is 0.463 e. The molecule has 3 fully saturated rings. The fourth-order valence-electron chi connectivity index (χ4n) is 6.70. The van der Waals surface area contributed by atoms with Crippen molar-refractivity contribution in [3.05, 3.63) is 106 Å². The molecule has 3 aliphatic rings. The minimum absolute atomic E-state index is 0.0747. The lowest BCUT2D eigenvalue weighted by Crippen LogP contribution is -2.68. The Hall–Kier alpha value is -5.99. The molecule has 11 atom stereocenters. The summed E-state index contributed by atoms with van der Waals surface area (Å²) in [5, 5.41) is 11.4. The minimum Gasteiger partial charge on any atom is -0.463 e. The van der Waals surface area contributed by atoms with Crippen LogP contribution in [0.5, 0.6) is 5.75 Å². The van der Waals surface area contributed by atoms with Gasteiger partial charge in [-0.2, -0.15) is 0 Å². The summed E-state index contributed by atoms with van der Waals surface area (Å²) in [5.41, 5.74) is 0.517. The molecule has 19 heteroatoms. The van der Waals surface area contributed by atoms with E-state index in [0.29, 0.717) is 5.56 Å². The number of fused-ring (bicyclic) bond motifs is 1. The van der Waals surface area contributed by atoms with Gasteiger partial charge in [0.25, 0.3) is 5.69 Å². The van der Waals surface area contributed by atoms with E-state index in [2.05, 4.69) is 0 Å². The van der Waals surface area contributed by atoms with E-state index in [0.717, 1.165) is 27.7 Å². The third kappa shape index (κ3) is 10.7. The molecule has 3 aliphatic heterocycles. The molecular formula is C40H41NO18. The van der Waals surface area contributed by atoms with Gasteiger partial charge in [0.2, 0.25) is 6.29 Å². The van der Waals surface area contributed by atoms with Crippen molar-refractivity contribution < 1.29 is 81.0 Å². The molecule has 0 N–H and O–H groups in total. The molecule has 0 saturated carbocycles. The third-order valence-electron chi connectivity index (χ3n) is 9.15. The second kappa shape index (κ2) is 19.2. The van der Waals surface area contributed by atoms with Crippen molar-refractivity contribution in [2.45, 2.75) is 95.4 Å². The number of nitro benzene ring substituents is 1. The maximum atomic E-state index is 13.9. The second-order valence-corrected chi connectivity index (χ2v) is 13.5. The van der Waals surface area contributed by atoms with E-state index in [4.69, 9.17) is 52.1 Å². The summed E-state index contributed by atoms with van der Waals surface area (Å²) in [6.07, 6.45) is -15.6. The van der Waals surface area contributed by atoms with Crippen LogP contribution in [0.3, 0.4) is 0 Å². The molecule has 3 aromatic carbocycles. The highest BCUT2D eigenvalue weighted by Gasteiger charge is 2.58. The van der Waals surface area contributed by atoms with Crippen LogP contribution in [-0.2, 0) is 66.5 Å². The van der Waals surface area contributed by atoms with E-state index in [-0.39, 0.29) is 23.6 Å². The molecule has 3 saturated heterocycles. The average Bonchev–Trinajstić information content (AvgIpc) is 3.20. The summed E-state index contributed by atoms with van der Waals surface area (Å²) < 4.78 is 66.2. The van der Waals surface area contributed by atoms with E-state index in [1.54, 1.807) is 48.5 Å². The zero-order valence-electron chi connectivity index (χ0n) is 32.1. The number of rotatable bonds is 13. The molecule has 0 bridgehead atoms. The molecule has 0 spiro atoms. The van der Waals surface area contributed by atoms with Gasteiger partial charge >= 0.3 is 29.8 Å². The Kier molecular flexibility index (Phi) is 13.8. The highest BCUT2D eigenvalue weighted by atomic mass is 16.8. The first-order chi connectivity index (χ1) is 28.3. The van der Waals surface area contributed by atoms with Crippen LogP contribution in [-0.4, -0.2) is 109 Å². The van der Waals surface area contributed by atoms with Crippen molar-refractivity contribution in [3.63, 3.8) is 0 Å². The lowest BCUT2D eigenvalue weighted by Gasteiger charge is -2.50. The van der Waals surface area contributed by atoms with E-state index in [9.17, 15) is 34.1 Å². The first kappa shape index (κ1) is 42.6. The number of carbonyl (C=O) groups excluding carboxylic acids is 5. The van der Waals surface area contributed by atoms with Gasteiger partial charge in [-0.1, -0.05) is 48.5 Å². The van der Waals surface area contributed by atoms with Gasteiger partial charge in [-0.3, -0.25) is 29.3 Å². The number of carbonyl (C=O) groups is 5. The number of nitro groups is 1. The molecule has 0 aromatic heterocycles. The number of esters is 5. The van der Waals surface area contributed by atoms with Crippen molar-refractivity contribution in [2.75, 3.05) is 13.2 Å². The summed E-state index contributed by atoms with van der Waals surface area (Å²) in [6, 6.07) is 21.9. The number of hydrogen-bond acceptors (Lipinski definition) is 18. The van der Waals surface area contributed by atoms with Crippen molar-refractivity contribution in [2.24, 2.45) is 0 Å². The molecule has 3 heterocycles. The molecule has 0 aliphatic carbocycles. The average molecular weight is 824 g/mol. The zero-order valence-corrected chi connectivity index (χ0v) is 32.1. The summed E-state index contributed by atoms with van der Waals surface area (Å²) in [4.78, 5) is 74.2. The lowest BCUT2D eigenvalue weighted by molar-refractivity contribution is -0.385. The van der Waals surface area contributed by atoms with Crippen LogP contribution in [0.2, 0.25) is 0 Å². The van der Waals surface area contributed by atoms with Gasteiger partial charge in [0.05, 0.1) is 17.1 Å². The van der Waals surface area contributed by atoms with E-state index >= 15 is 0 Å². The quantitative estimate of drug-likeness (QED) is 0.104. The van der Waals surface area contributed by atoms with Crippen molar-refractivity contribution >= 4 is 35.5 Å². The number of nitrogens with zero attached hydrogens (tertiary/aromatic N) is 1. The zero-order chi connectivity index (χ0) is 42.2. The van der Waals surface area contributed by atoms with Gasteiger partial charge in [-0.25, -0.2) is 4.79 Å². The summed E-state index contributed by atoms with van der Waals surface area (Å²) in [5.74, 6) is -4.09. The summed E-state index contributed by atoms with van der Waals surface area (Å²) in [7, 11) is 0. The smallest absolute Gasteiger partial charge is 0.338 e. The van der Waals surface area contributed by atoms with E-state index in [1.807, 2.05) is 0 Å². The second-order valence-electron chi connectivity index (χ2n) is 13.5. The van der Waals surface area contributed by atoms with Crippen LogP contribution >= 0.6 is 0 Å². The molecule has 0 amide bonds. The van der Waals surface area contributed by atoms with Crippen molar-refractivity contribution in [1.29, 1.82) is 0 Å². The maximum absolute atomic E-state index is 13.9. The Labute approximate surface area is 336 Å². The molecular weight excluding hydrogens is 782 g/mol. The fourth-order valence-corrected chi connectivity index (χ4v) is 6.70. The predicted octanol–water partition coefficient (Wildman–Crippen LogP) is 3.51. The number of non-ortho nitro benzene ring substituents is 1. The van der Waals surface area contributed by atoms with Crippen LogP contribution in [0.15, 0.2) is 84.9 Å². The molecule has 314 valence electrons. The van der Waals surface area contributed by atoms with Gasteiger partial charge in [-0.15, -0.1) is 0 Å². The first-order valence-corrected chi connectivity index (χ1v) is 18.4. The normalized spacial score (nSPS) is 28.8. The standard InChI is InChI=1S/C40H41NO18/c1-21(42)49-19-29-31(51-22(2)43)33(52-23(3)44)35(53-24(4)45)40(56-29)59-34-32-30(20-50-38(58-32)26-13-9-6-10-14-26)55-39(54-28-17-15-27(16-18-28)41(47)48)36(34)57-37(46)25-11-7-5-8-12-25/h5-18,29-36,38-40H,19-20H2,1-4H3/t29-,30-,31-,32-,33+,34+,35+,36+,38+,39+,40-/m1/s1. The van der Waals surface area contributed by atoms with Gasteiger partial charge in [0.15, 0.2) is 37.0 Å². The highest BCUT2D eigenvalue weighted by molar-refractivity contribution is 5.89. The monoisotopic (exact) mass is 823 g/mol. The van der Waals surface area contributed by atoms with Gasteiger partial charge < -0.3 is 52.1 Å². The van der Waals surface area contributed by atoms with E-state index < -0.39 is 109 Å². The summed E-state index contributed by atoms with van der Waals surface area (Å²) >= 11 is 0.